The Morgan fingerprint density at radius 3 is 2.78 bits per heavy atom. The van der Waals surface area contributed by atoms with E-state index >= 15 is 0 Å². The number of aromatic nitrogens is 1. The number of carbonyl (C=O) groups is 1. The molecule has 0 unspecified atom stereocenters. The Hall–Kier alpha value is -2.34. The van der Waals surface area contributed by atoms with Gasteiger partial charge < -0.3 is 18.9 Å². The van der Waals surface area contributed by atoms with Gasteiger partial charge in [0.05, 0.1) is 19.2 Å². The number of halogens is 1. The number of carbonyl (C=O) groups excluding carboxylic acids is 1. The van der Waals surface area contributed by atoms with E-state index in [2.05, 4.69) is 4.57 Å². The molecule has 23 heavy (non-hydrogen) atoms. The number of nitrogens with zero attached hydrogens (tertiary/aromatic N) is 2. The number of methoxy groups -OCH3 is 1. The molecule has 1 aromatic heterocycles. The first-order chi connectivity index (χ1) is 11.2. The Balaban J connectivity index is 1.65. The molecule has 0 spiro atoms. The lowest BCUT2D eigenvalue weighted by atomic mass is 10.3. The molecule has 0 radical (unpaired) electrons. The van der Waals surface area contributed by atoms with Crippen LogP contribution in [-0.2, 0) is 22.6 Å². The van der Waals surface area contributed by atoms with Crippen LogP contribution in [0.1, 0.15) is 5.69 Å². The van der Waals surface area contributed by atoms with Crippen molar-refractivity contribution in [2.75, 3.05) is 20.3 Å². The number of hydrogen-bond acceptors (Lipinski definition) is 3. The van der Waals surface area contributed by atoms with Crippen molar-refractivity contribution in [2.45, 2.75) is 19.2 Å². The van der Waals surface area contributed by atoms with Crippen LogP contribution in [0, 0.1) is 5.82 Å². The summed E-state index contributed by atoms with van der Waals surface area (Å²) in [6.07, 6.45) is 1.93. The maximum absolute atomic E-state index is 12.9. The van der Waals surface area contributed by atoms with E-state index in [0.29, 0.717) is 18.8 Å². The topological polar surface area (TPSA) is 43.7 Å². The van der Waals surface area contributed by atoms with Gasteiger partial charge in [-0.25, -0.2) is 4.39 Å². The normalized spacial score (nSPS) is 17.5. The lowest BCUT2D eigenvalue weighted by Gasteiger charge is -2.23. The van der Waals surface area contributed by atoms with E-state index in [4.69, 9.17) is 9.47 Å². The number of ether oxygens (including phenoxy) is 2. The number of benzene rings is 1. The Bertz CT molecular complexity index is 669. The van der Waals surface area contributed by atoms with Crippen LogP contribution in [0.15, 0.2) is 42.6 Å². The van der Waals surface area contributed by atoms with Crippen molar-refractivity contribution in [1.82, 2.24) is 9.47 Å². The molecule has 3 rings (SSSR count). The van der Waals surface area contributed by atoms with E-state index in [9.17, 15) is 9.18 Å². The summed E-state index contributed by atoms with van der Waals surface area (Å²) in [4.78, 5) is 14.2. The van der Waals surface area contributed by atoms with E-state index in [0.717, 1.165) is 12.2 Å². The second-order valence-corrected chi connectivity index (χ2v) is 5.53. The highest BCUT2D eigenvalue weighted by molar-refractivity contribution is 5.77. The average Bonchev–Trinajstić information content (AvgIpc) is 2.91. The first-order valence-corrected chi connectivity index (χ1v) is 7.48. The van der Waals surface area contributed by atoms with Gasteiger partial charge in [0.25, 0.3) is 5.91 Å². The highest BCUT2D eigenvalue weighted by atomic mass is 19.1. The molecule has 0 aliphatic carbocycles. The molecule has 1 aliphatic rings. The molecule has 0 saturated carbocycles. The highest BCUT2D eigenvalue weighted by Crippen LogP contribution is 2.16. The average molecular weight is 318 g/mol. The van der Waals surface area contributed by atoms with Gasteiger partial charge in [-0.1, -0.05) is 0 Å². The maximum atomic E-state index is 12.9. The second kappa shape index (κ2) is 6.83. The summed E-state index contributed by atoms with van der Waals surface area (Å²) >= 11 is 0. The minimum absolute atomic E-state index is 0.0570. The van der Waals surface area contributed by atoms with E-state index < -0.39 is 0 Å². The van der Waals surface area contributed by atoms with E-state index in [1.165, 1.54) is 24.3 Å². The predicted octanol–water partition coefficient (Wildman–Crippen LogP) is 2.06. The molecular formula is C17H19FN2O3. The summed E-state index contributed by atoms with van der Waals surface area (Å²) in [5.41, 5.74) is 1.07. The molecular weight excluding hydrogens is 299 g/mol. The molecule has 6 heteroatoms. The minimum Gasteiger partial charge on any atom is -0.484 e. The third kappa shape index (κ3) is 3.71. The number of rotatable bonds is 4. The fourth-order valence-corrected chi connectivity index (χ4v) is 2.66. The molecule has 1 aliphatic heterocycles. The molecule has 0 fully saturated rings. The molecule has 2 aromatic rings. The number of fused-ring (bicyclic) bond motifs is 1. The Kier molecular flexibility index (Phi) is 4.62. The van der Waals surface area contributed by atoms with Crippen molar-refractivity contribution in [3.05, 3.63) is 54.1 Å². The largest absolute Gasteiger partial charge is 0.484 e. The Morgan fingerprint density at radius 2 is 2.04 bits per heavy atom. The molecule has 1 atom stereocenters. The van der Waals surface area contributed by atoms with Gasteiger partial charge in [-0.2, -0.15) is 0 Å². The highest BCUT2D eigenvalue weighted by Gasteiger charge is 2.24. The first kappa shape index (κ1) is 15.6. The van der Waals surface area contributed by atoms with Crippen molar-refractivity contribution >= 4 is 5.91 Å². The van der Waals surface area contributed by atoms with Crippen molar-refractivity contribution in [2.24, 2.45) is 0 Å². The van der Waals surface area contributed by atoms with Gasteiger partial charge in [0.1, 0.15) is 11.6 Å². The molecule has 0 saturated heterocycles. The summed E-state index contributed by atoms with van der Waals surface area (Å²) in [5, 5.41) is 0. The van der Waals surface area contributed by atoms with E-state index in [-0.39, 0.29) is 24.4 Å². The lowest BCUT2D eigenvalue weighted by Crippen LogP contribution is -2.39. The van der Waals surface area contributed by atoms with Crippen LogP contribution in [0.4, 0.5) is 4.39 Å². The fourth-order valence-electron chi connectivity index (χ4n) is 2.66. The third-order valence-corrected chi connectivity index (χ3v) is 3.96. The monoisotopic (exact) mass is 318 g/mol. The van der Waals surface area contributed by atoms with Crippen LogP contribution < -0.4 is 4.74 Å². The van der Waals surface area contributed by atoms with Crippen LogP contribution in [0.5, 0.6) is 5.75 Å². The summed E-state index contributed by atoms with van der Waals surface area (Å²) < 4.78 is 25.9. The Morgan fingerprint density at radius 1 is 1.26 bits per heavy atom. The van der Waals surface area contributed by atoms with Gasteiger partial charge in [0, 0.05) is 25.5 Å². The number of amides is 1. The van der Waals surface area contributed by atoms with E-state index in [1.54, 1.807) is 12.0 Å². The van der Waals surface area contributed by atoms with Gasteiger partial charge in [-0.3, -0.25) is 4.79 Å². The number of hydrogen-bond donors (Lipinski definition) is 0. The minimum atomic E-state index is -0.333. The van der Waals surface area contributed by atoms with Gasteiger partial charge >= 0.3 is 0 Å². The summed E-state index contributed by atoms with van der Waals surface area (Å²) in [5.74, 6) is 0.0205. The first-order valence-electron chi connectivity index (χ1n) is 7.48. The van der Waals surface area contributed by atoms with Gasteiger partial charge in [0.15, 0.2) is 6.61 Å². The summed E-state index contributed by atoms with van der Waals surface area (Å²) in [6, 6.07) is 9.59. The quantitative estimate of drug-likeness (QED) is 0.867. The molecule has 1 amide bonds. The van der Waals surface area contributed by atoms with Crippen LogP contribution in [0.25, 0.3) is 0 Å². The predicted molar refractivity (Wildman–Crippen MR) is 82.5 cm³/mol. The molecule has 122 valence electrons. The molecule has 1 aromatic carbocycles. The molecule has 2 heterocycles. The summed E-state index contributed by atoms with van der Waals surface area (Å²) in [6.45, 7) is 1.69. The van der Waals surface area contributed by atoms with Gasteiger partial charge in [-0.05, 0) is 36.4 Å². The zero-order chi connectivity index (χ0) is 16.2. The third-order valence-electron chi connectivity index (χ3n) is 3.96. The van der Waals surface area contributed by atoms with Crippen LogP contribution in [-0.4, -0.2) is 41.7 Å². The van der Waals surface area contributed by atoms with Crippen molar-refractivity contribution in [3.63, 3.8) is 0 Å². The van der Waals surface area contributed by atoms with Crippen molar-refractivity contribution < 1.29 is 18.7 Å². The second-order valence-electron chi connectivity index (χ2n) is 5.53. The smallest absolute Gasteiger partial charge is 0.260 e. The standard InChI is InChI=1S/C17H19FN2O3/c1-22-16-10-19-8-2-3-14(19)9-20(11-16)17(21)12-23-15-6-4-13(18)5-7-15/h2-8,16H,9-12H2,1H3/t16-/m1/s1. The maximum Gasteiger partial charge on any atom is 0.260 e. The van der Waals surface area contributed by atoms with Gasteiger partial charge in [0.2, 0.25) is 0 Å². The fraction of sp³-hybridized carbons (Fsp3) is 0.353. The van der Waals surface area contributed by atoms with Crippen molar-refractivity contribution in [1.29, 1.82) is 0 Å². The van der Waals surface area contributed by atoms with Crippen LogP contribution in [0.3, 0.4) is 0 Å². The molecule has 0 N–H and O–H groups in total. The van der Waals surface area contributed by atoms with Crippen LogP contribution in [0.2, 0.25) is 0 Å². The zero-order valence-electron chi connectivity index (χ0n) is 12.9. The summed E-state index contributed by atoms with van der Waals surface area (Å²) in [7, 11) is 1.65. The zero-order valence-corrected chi connectivity index (χ0v) is 12.9. The van der Waals surface area contributed by atoms with E-state index in [1.807, 2.05) is 18.3 Å². The SMILES string of the molecule is CO[C@H]1CN(C(=O)COc2ccc(F)cc2)Cc2cccn2C1. The lowest BCUT2D eigenvalue weighted by molar-refractivity contribution is -0.135. The van der Waals surface area contributed by atoms with Crippen LogP contribution >= 0.6 is 0 Å². The molecule has 0 bridgehead atoms. The van der Waals surface area contributed by atoms with Gasteiger partial charge in [-0.15, -0.1) is 0 Å². The molecule has 5 nitrogen and oxygen atoms in total. The van der Waals surface area contributed by atoms with Crippen molar-refractivity contribution in [3.8, 4) is 5.75 Å². The Labute approximate surface area is 134 Å².